The van der Waals surface area contributed by atoms with E-state index in [4.69, 9.17) is 14.7 Å². The van der Waals surface area contributed by atoms with Gasteiger partial charge in [0.2, 0.25) is 5.91 Å². The van der Waals surface area contributed by atoms with Crippen molar-refractivity contribution in [1.82, 2.24) is 5.32 Å². The predicted octanol–water partition coefficient (Wildman–Crippen LogP) is 3.96. The lowest BCUT2D eigenvalue weighted by atomic mass is 10.1. The number of rotatable bonds is 7. The maximum absolute atomic E-state index is 11.6. The molecule has 0 aliphatic carbocycles. The molecule has 0 unspecified atom stereocenters. The minimum atomic E-state index is -0.312. The van der Waals surface area contributed by atoms with E-state index in [1.807, 2.05) is 42.5 Å². The average molecular weight is 360 g/mol. The SMILES string of the molecule is COc1ccc(CNC(=O)CC#N)c(OCc2cccc3ccccc23)c1. The third kappa shape index (κ3) is 4.56. The number of nitriles is 1. The zero-order chi connectivity index (χ0) is 19.1. The highest BCUT2D eigenvalue weighted by Gasteiger charge is 2.09. The standard InChI is InChI=1S/C22H20N2O3/c1-26-19-10-9-17(14-24-22(25)11-12-23)21(13-19)27-15-18-7-4-6-16-5-2-3-8-20(16)18/h2-10,13H,11,14-15H2,1H3,(H,24,25). The Hall–Kier alpha value is -3.52. The van der Waals surface area contributed by atoms with Gasteiger partial charge in [-0.05, 0) is 28.5 Å². The van der Waals surface area contributed by atoms with E-state index in [-0.39, 0.29) is 18.9 Å². The first kappa shape index (κ1) is 18.3. The predicted molar refractivity (Wildman–Crippen MR) is 103 cm³/mol. The molecule has 0 saturated carbocycles. The monoisotopic (exact) mass is 360 g/mol. The van der Waals surface area contributed by atoms with E-state index in [9.17, 15) is 4.79 Å². The summed E-state index contributed by atoms with van der Waals surface area (Å²) in [6.45, 7) is 0.684. The van der Waals surface area contributed by atoms with Crippen molar-refractivity contribution in [3.8, 4) is 17.6 Å². The van der Waals surface area contributed by atoms with Crippen LogP contribution in [0.1, 0.15) is 17.5 Å². The molecule has 3 aromatic carbocycles. The molecule has 3 aromatic rings. The maximum atomic E-state index is 11.6. The molecule has 5 nitrogen and oxygen atoms in total. The minimum Gasteiger partial charge on any atom is -0.497 e. The van der Waals surface area contributed by atoms with Crippen molar-refractivity contribution < 1.29 is 14.3 Å². The topological polar surface area (TPSA) is 71.3 Å². The number of ether oxygens (including phenoxy) is 2. The number of hydrogen-bond donors (Lipinski definition) is 1. The molecule has 0 heterocycles. The fourth-order valence-corrected chi connectivity index (χ4v) is 2.84. The summed E-state index contributed by atoms with van der Waals surface area (Å²) >= 11 is 0. The Labute approximate surface area is 158 Å². The number of nitrogens with zero attached hydrogens (tertiary/aromatic N) is 1. The highest BCUT2D eigenvalue weighted by Crippen LogP contribution is 2.27. The van der Waals surface area contributed by atoms with Gasteiger partial charge < -0.3 is 14.8 Å². The molecule has 0 aliphatic heterocycles. The molecule has 0 bridgehead atoms. The molecule has 0 spiro atoms. The first-order valence-corrected chi connectivity index (χ1v) is 8.61. The summed E-state index contributed by atoms with van der Waals surface area (Å²) < 4.78 is 11.4. The summed E-state index contributed by atoms with van der Waals surface area (Å²) in [6, 6.07) is 21.6. The van der Waals surface area contributed by atoms with Gasteiger partial charge in [-0.3, -0.25) is 4.79 Å². The molecule has 136 valence electrons. The Morgan fingerprint density at radius 2 is 1.89 bits per heavy atom. The lowest BCUT2D eigenvalue weighted by Crippen LogP contribution is -2.22. The lowest BCUT2D eigenvalue weighted by Gasteiger charge is -2.14. The van der Waals surface area contributed by atoms with E-state index >= 15 is 0 Å². The highest BCUT2D eigenvalue weighted by molar-refractivity contribution is 5.85. The largest absolute Gasteiger partial charge is 0.497 e. The third-order valence-electron chi connectivity index (χ3n) is 4.25. The van der Waals surface area contributed by atoms with Gasteiger partial charge in [-0.25, -0.2) is 0 Å². The average Bonchev–Trinajstić information content (AvgIpc) is 2.71. The van der Waals surface area contributed by atoms with E-state index in [2.05, 4.69) is 23.5 Å². The summed E-state index contributed by atoms with van der Waals surface area (Å²) in [6.07, 6.45) is -0.164. The van der Waals surface area contributed by atoms with Crippen molar-refractivity contribution in [3.63, 3.8) is 0 Å². The molecule has 1 N–H and O–H groups in total. The van der Waals surface area contributed by atoms with Crippen molar-refractivity contribution in [2.75, 3.05) is 7.11 Å². The van der Waals surface area contributed by atoms with E-state index < -0.39 is 0 Å². The summed E-state index contributed by atoms with van der Waals surface area (Å²) in [5.74, 6) is 1.00. The van der Waals surface area contributed by atoms with Gasteiger partial charge in [0.1, 0.15) is 24.5 Å². The van der Waals surface area contributed by atoms with Crippen LogP contribution in [0.2, 0.25) is 0 Å². The maximum Gasteiger partial charge on any atom is 0.234 e. The van der Waals surface area contributed by atoms with Crippen LogP contribution in [-0.4, -0.2) is 13.0 Å². The quantitative estimate of drug-likeness (QED) is 0.692. The van der Waals surface area contributed by atoms with E-state index in [0.29, 0.717) is 18.1 Å². The molecule has 0 fully saturated rings. The van der Waals surface area contributed by atoms with E-state index in [1.165, 1.54) is 0 Å². The molecule has 5 heteroatoms. The lowest BCUT2D eigenvalue weighted by molar-refractivity contribution is -0.120. The molecule has 0 aromatic heterocycles. The number of fused-ring (bicyclic) bond motifs is 1. The number of benzene rings is 3. The van der Waals surface area contributed by atoms with Gasteiger partial charge in [-0.2, -0.15) is 5.26 Å². The van der Waals surface area contributed by atoms with Gasteiger partial charge in [0.05, 0.1) is 13.2 Å². The first-order chi connectivity index (χ1) is 13.2. The van der Waals surface area contributed by atoms with E-state index in [1.54, 1.807) is 13.2 Å². The van der Waals surface area contributed by atoms with Gasteiger partial charge in [0.15, 0.2) is 0 Å². The van der Waals surface area contributed by atoms with Crippen LogP contribution in [0.3, 0.4) is 0 Å². The van der Waals surface area contributed by atoms with Gasteiger partial charge in [-0.15, -0.1) is 0 Å². The summed E-state index contributed by atoms with van der Waals surface area (Å²) in [7, 11) is 1.60. The Balaban J connectivity index is 1.80. The van der Waals surface area contributed by atoms with Crippen LogP contribution < -0.4 is 14.8 Å². The molecule has 27 heavy (non-hydrogen) atoms. The van der Waals surface area contributed by atoms with Crippen molar-refractivity contribution in [2.24, 2.45) is 0 Å². The molecule has 0 atom stereocenters. The molecular weight excluding hydrogens is 340 g/mol. The van der Waals surface area contributed by atoms with Gasteiger partial charge in [0, 0.05) is 18.2 Å². The number of methoxy groups -OCH3 is 1. The molecule has 1 amide bonds. The Morgan fingerprint density at radius 1 is 1.07 bits per heavy atom. The third-order valence-corrected chi connectivity index (χ3v) is 4.25. The summed E-state index contributed by atoms with van der Waals surface area (Å²) in [5, 5.41) is 13.6. The Kier molecular flexibility index (Phi) is 5.91. The number of carbonyl (C=O) groups is 1. The fraction of sp³-hybridized carbons (Fsp3) is 0.182. The first-order valence-electron chi connectivity index (χ1n) is 8.61. The van der Waals surface area contributed by atoms with Crippen molar-refractivity contribution in [3.05, 3.63) is 71.8 Å². The zero-order valence-electron chi connectivity index (χ0n) is 15.1. The molecule has 0 radical (unpaired) electrons. The molecule has 3 rings (SSSR count). The fourth-order valence-electron chi connectivity index (χ4n) is 2.84. The number of carbonyl (C=O) groups excluding carboxylic acids is 1. The van der Waals surface area contributed by atoms with Crippen LogP contribution in [0.25, 0.3) is 10.8 Å². The van der Waals surface area contributed by atoms with Crippen LogP contribution in [0.4, 0.5) is 0 Å². The minimum absolute atomic E-state index is 0.164. The number of nitrogens with one attached hydrogen (secondary N) is 1. The van der Waals surface area contributed by atoms with Gasteiger partial charge in [-0.1, -0.05) is 42.5 Å². The van der Waals surface area contributed by atoms with Gasteiger partial charge >= 0.3 is 0 Å². The smallest absolute Gasteiger partial charge is 0.234 e. The van der Waals surface area contributed by atoms with Crippen LogP contribution >= 0.6 is 0 Å². The number of amides is 1. The highest BCUT2D eigenvalue weighted by atomic mass is 16.5. The molecular formula is C22H20N2O3. The Morgan fingerprint density at radius 3 is 2.70 bits per heavy atom. The van der Waals surface area contributed by atoms with E-state index in [0.717, 1.165) is 21.9 Å². The van der Waals surface area contributed by atoms with Crippen molar-refractivity contribution in [2.45, 2.75) is 19.6 Å². The second-order valence-electron chi connectivity index (χ2n) is 6.01. The second kappa shape index (κ2) is 8.72. The van der Waals surface area contributed by atoms with Crippen LogP contribution in [0, 0.1) is 11.3 Å². The molecule has 0 saturated heterocycles. The van der Waals surface area contributed by atoms with Crippen LogP contribution in [0.15, 0.2) is 60.7 Å². The Bertz CT molecular complexity index is 987. The summed E-state index contributed by atoms with van der Waals surface area (Å²) in [5.41, 5.74) is 1.90. The normalized spacial score (nSPS) is 10.2. The van der Waals surface area contributed by atoms with Gasteiger partial charge in [0.25, 0.3) is 0 Å². The summed E-state index contributed by atoms with van der Waals surface area (Å²) in [4.78, 5) is 11.6. The van der Waals surface area contributed by atoms with Crippen molar-refractivity contribution >= 4 is 16.7 Å². The molecule has 0 aliphatic rings. The number of hydrogen-bond acceptors (Lipinski definition) is 4. The second-order valence-corrected chi connectivity index (χ2v) is 6.01. The van der Waals surface area contributed by atoms with Crippen LogP contribution in [-0.2, 0) is 17.9 Å². The zero-order valence-corrected chi connectivity index (χ0v) is 15.1. The van der Waals surface area contributed by atoms with Crippen LogP contribution in [0.5, 0.6) is 11.5 Å². The van der Waals surface area contributed by atoms with Crippen molar-refractivity contribution in [1.29, 1.82) is 5.26 Å².